The smallest absolute Gasteiger partial charge is 0.270 e. The molecule has 2 rings (SSSR count). The van der Waals surface area contributed by atoms with Gasteiger partial charge >= 0.3 is 0 Å². The van der Waals surface area contributed by atoms with E-state index < -0.39 is 0 Å². The van der Waals surface area contributed by atoms with Gasteiger partial charge in [0.2, 0.25) is 0 Å². The van der Waals surface area contributed by atoms with E-state index in [1.165, 1.54) is 12.6 Å². The number of pyridine rings is 1. The fourth-order valence-corrected chi connectivity index (χ4v) is 3.01. The lowest BCUT2D eigenvalue weighted by Crippen LogP contribution is -2.37. The third-order valence-electron chi connectivity index (χ3n) is 4.47. The maximum atomic E-state index is 12.2. The van der Waals surface area contributed by atoms with E-state index in [-0.39, 0.29) is 17.8 Å². The number of nitrogens with zero attached hydrogens (tertiary/aromatic N) is 2. The van der Waals surface area contributed by atoms with Crippen LogP contribution in [0.1, 0.15) is 49.2 Å². The van der Waals surface area contributed by atoms with Crippen molar-refractivity contribution in [2.24, 2.45) is 22.7 Å². The van der Waals surface area contributed by atoms with Gasteiger partial charge in [0.05, 0.1) is 0 Å². The first kappa shape index (κ1) is 15.3. The van der Waals surface area contributed by atoms with Crippen LogP contribution >= 0.6 is 0 Å². The van der Waals surface area contributed by atoms with E-state index in [1.807, 2.05) is 0 Å². The van der Waals surface area contributed by atoms with E-state index in [4.69, 9.17) is 10.9 Å². The largest absolute Gasteiger partial charge is 0.409 e. The Morgan fingerprint density at radius 2 is 2.29 bits per heavy atom. The molecule has 0 saturated heterocycles. The monoisotopic (exact) mass is 290 g/mol. The molecule has 0 aliphatic heterocycles. The molecule has 6 heteroatoms. The molecule has 21 heavy (non-hydrogen) atoms. The highest BCUT2D eigenvalue weighted by Crippen LogP contribution is 2.33. The predicted octanol–water partition coefficient (Wildman–Crippen LogP) is 1.73. The summed E-state index contributed by atoms with van der Waals surface area (Å²) in [6.07, 6.45) is 4.77. The summed E-state index contributed by atoms with van der Waals surface area (Å²) in [7, 11) is 0. The van der Waals surface area contributed by atoms with Gasteiger partial charge in [-0.2, -0.15) is 0 Å². The number of nitrogens with one attached hydrogen (secondary N) is 1. The Balaban J connectivity index is 2.01. The zero-order valence-corrected chi connectivity index (χ0v) is 12.4. The van der Waals surface area contributed by atoms with Gasteiger partial charge in [0.15, 0.2) is 5.84 Å². The molecule has 0 bridgehead atoms. The van der Waals surface area contributed by atoms with Crippen molar-refractivity contribution in [2.75, 3.05) is 0 Å². The van der Waals surface area contributed by atoms with Crippen LogP contribution < -0.4 is 11.1 Å². The van der Waals surface area contributed by atoms with E-state index in [2.05, 4.69) is 29.3 Å². The second-order valence-corrected chi connectivity index (χ2v) is 5.60. The topological polar surface area (TPSA) is 101 Å². The first-order valence-corrected chi connectivity index (χ1v) is 7.31. The Morgan fingerprint density at radius 1 is 1.52 bits per heavy atom. The van der Waals surface area contributed by atoms with Crippen molar-refractivity contribution in [3.63, 3.8) is 0 Å². The summed E-state index contributed by atoms with van der Waals surface area (Å²) < 4.78 is 0. The quantitative estimate of drug-likeness (QED) is 0.340. The minimum atomic E-state index is -0.172. The number of amidine groups is 1. The average molecular weight is 290 g/mol. The van der Waals surface area contributed by atoms with Crippen molar-refractivity contribution in [3.05, 3.63) is 29.6 Å². The summed E-state index contributed by atoms with van der Waals surface area (Å²) in [5.41, 5.74) is 6.29. The van der Waals surface area contributed by atoms with Gasteiger partial charge in [0, 0.05) is 17.8 Å². The van der Waals surface area contributed by atoms with Crippen molar-refractivity contribution < 1.29 is 10.0 Å². The molecular formula is C15H22N4O2. The number of carbonyl (C=O) groups excluding carboxylic acids is 1. The van der Waals surface area contributed by atoms with Gasteiger partial charge in [0.25, 0.3) is 5.91 Å². The highest BCUT2D eigenvalue weighted by Gasteiger charge is 2.32. The van der Waals surface area contributed by atoms with E-state index in [9.17, 15) is 4.79 Å². The van der Waals surface area contributed by atoms with E-state index in [0.29, 0.717) is 23.1 Å². The summed E-state index contributed by atoms with van der Waals surface area (Å²) in [4.78, 5) is 16.3. The molecule has 114 valence electrons. The number of carbonyl (C=O) groups is 1. The third kappa shape index (κ3) is 3.32. The Morgan fingerprint density at radius 3 is 2.81 bits per heavy atom. The van der Waals surface area contributed by atoms with Gasteiger partial charge in [0.1, 0.15) is 5.69 Å². The van der Waals surface area contributed by atoms with E-state index in [0.717, 1.165) is 12.8 Å². The summed E-state index contributed by atoms with van der Waals surface area (Å²) in [5, 5.41) is 14.5. The van der Waals surface area contributed by atoms with Crippen LogP contribution in [0.2, 0.25) is 0 Å². The minimum absolute atomic E-state index is 0.0235. The lowest BCUT2D eigenvalue weighted by atomic mass is 9.93. The second kappa shape index (κ2) is 6.56. The first-order chi connectivity index (χ1) is 10.1. The summed E-state index contributed by atoms with van der Waals surface area (Å²) in [6.45, 7) is 4.39. The number of hydrogen-bond acceptors (Lipinski definition) is 4. The molecule has 0 radical (unpaired) electrons. The van der Waals surface area contributed by atoms with E-state index >= 15 is 0 Å². The highest BCUT2D eigenvalue weighted by atomic mass is 16.4. The van der Waals surface area contributed by atoms with Gasteiger partial charge in [-0.3, -0.25) is 9.78 Å². The normalized spacial score (nSPS) is 25.8. The van der Waals surface area contributed by atoms with Gasteiger partial charge in [-0.25, -0.2) is 0 Å². The molecule has 1 saturated carbocycles. The Hall–Kier alpha value is -2.11. The van der Waals surface area contributed by atoms with Crippen LogP contribution in [0, 0.1) is 11.8 Å². The molecule has 1 aliphatic rings. The molecule has 1 aromatic rings. The first-order valence-electron chi connectivity index (χ1n) is 7.31. The van der Waals surface area contributed by atoms with Gasteiger partial charge in [-0.05, 0) is 36.8 Å². The highest BCUT2D eigenvalue weighted by molar-refractivity contribution is 5.98. The van der Waals surface area contributed by atoms with Crippen LogP contribution in [0.25, 0.3) is 0 Å². The molecule has 1 amide bonds. The fraction of sp³-hybridized carbons (Fsp3) is 0.533. The number of amides is 1. The molecule has 4 N–H and O–H groups in total. The van der Waals surface area contributed by atoms with Crippen molar-refractivity contribution in [1.29, 1.82) is 0 Å². The molecule has 3 atom stereocenters. The van der Waals surface area contributed by atoms with Crippen molar-refractivity contribution >= 4 is 11.7 Å². The Bertz CT molecular complexity index is 527. The Kier molecular flexibility index (Phi) is 4.77. The van der Waals surface area contributed by atoms with Crippen molar-refractivity contribution in [3.8, 4) is 0 Å². The molecular weight excluding hydrogens is 268 g/mol. The summed E-state index contributed by atoms with van der Waals surface area (Å²) in [5.74, 6) is 0.987. The van der Waals surface area contributed by atoms with Crippen LogP contribution in [-0.2, 0) is 0 Å². The molecule has 1 aromatic heterocycles. The predicted molar refractivity (Wildman–Crippen MR) is 80.2 cm³/mol. The third-order valence-corrected chi connectivity index (χ3v) is 4.47. The van der Waals surface area contributed by atoms with Gasteiger partial charge in [-0.1, -0.05) is 25.4 Å². The number of rotatable bonds is 4. The molecule has 1 heterocycles. The SMILES string of the molecule is CCC1CCC(NC(=O)c2ccc(C(N)=NO)cn2)C1C. The molecule has 1 fully saturated rings. The zero-order chi connectivity index (χ0) is 15.4. The lowest BCUT2D eigenvalue weighted by Gasteiger charge is -2.20. The zero-order valence-electron chi connectivity index (χ0n) is 12.4. The van der Waals surface area contributed by atoms with Gasteiger partial charge in [-0.15, -0.1) is 0 Å². The van der Waals surface area contributed by atoms with Crippen LogP contribution in [0.5, 0.6) is 0 Å². The molecule has 1 aliphatic carbocycles. The van der Waals surface area contributed by atoms with Crippen LogP contribution in [0.3, 0.4) is 0 Å². The number of aromatic nitrogens is 1. The second-order valence-electron chi connectivity index (χ2n) is 5.60. The number of nitrogens with two attached hydrogens (primary N) is 1. The van der Waals surface area contributed by atoms with Crippen LogP contribution in [0.15, 0.2) is 23.5 Å². The van der Waals surface area contributed by atoms with Gasteiger partial charge < -0.3 is 16.3 Å². The van der Waals surface area contributed by atoms with E-state index in [1.54, 1.807) is 12.1 Å². The lowest BCUT2D eigenvalue weighted by molar-refractivity contribution is 0.0921. The fourth-order valence-electron chi connectivity index (χ4n) is 3.01. The average Bonchev–Trinajstić information content (AvgIpc) is 2.87. The maximum Gasteiger partial charge on any atom is 0.270 e. The summed E-state index contributed by atoms with van der Waals surface area (Å²) >= 11 is 0. The number of hydrogen-bond donors (Lipinski definition) is 3. The standard InChI is InChI=1S/C15H22N4O2/c1-3-10-4-6-12(9(10)2)18-15(20)13-7-5-11(8-17-13)14(16)19-21/h5,7-10,12,21H,3-4,6H2,1-2H3,(H2,16,19)(H,18,20). The molecule has 0 aromatic carbocycles. The number of oxime groups is 1. The molecule has 0 spiro atoms. The Labute approximate surface area is 124 Å². The van der Waals surface area contributed by atoms with Crippen LogP contribution in [0.4, 0.5) is 0 Å². The van der Waals surface area contributed by atoms with Crippen LogP contribution in [-0.4, -0.2) is 28.0 Å². The minimum Gasteiger partial charge on any atom is -0.409 e. The molecule has 6 nitrogen and oxygen atoms in total. The van der Waals surface area contributed by atoms with Crippen molar-refractivity contribution in [2.45, 2.75) is 39.2 Å². The van der Waals surface area contributed by atoms with Crippen molar-refractivity contribution in [1.82, 2.24) is 10.3 Å². The molecule has 3 unspecified atom stereocenters. The summed E-state index contributed by atoms with van der Waals surface area (Å²) in [6, 6.07) is 3.41. The maximum absolute atomic E-state index is 12.2.